The number of allylic oxidation sites excluding steroid dienone is 8. The Labute approximate surface area is 428 Å². The molecule has 0 spiro atoms. The number of carbonyl (C=O) groups is 3. The van der Waals surface area contributed by atoms with Crippen LogP contribution in [0.4, 0.5) is 0 Å². The highest BCUT2D eigenvalue weighted by atomic mass is 16.6. The Morgan fingerprint density at radius 2 is 0.536 bits per heavy atom. The molecule has 6 nitrogen and oxygen atoms in total. The first-order chi connectivity index (χ1) is 34.0. The SMILES string of the molecule is CCCCCCCC/C=C\C/C=C\C/C=C\CCCC(=O)OCC(COC(=O)CCCCCCCCCCCCCCCCCCC)OC(=O)CCCCCCCCC/C=C\CCCCCCCC. The maximum atomic E-state index is 12.9. The molecule has 0 aromatic rings. The van der Waals surface area contributed by atoms with Crippen molar-refractivity contribution < 1.29 is 28.6 Å². The van der Waals surface area contributed by atoms with Crippen LogP contribution in [0.2, 0.25) is 0 Å². The molecule has 0 heterocycles. The second-order valence-electron chi connectivity index (χ2n) is 20.3. The summed E-state index contributed by atoms with van der Waals surface area (Å²) in [5, 5.41) is 0. The minimum absolute atomic E-state index is 0.0871. The van der Waals surface area contributed by atoms with Gasteiger partial charge in [0, 0.05) is 19.3 Å². The van der Waals surface area contributed by atoms with E-state index >= 15 is 0 Å². The summed E-state index contributed by atoms with van der Waals surface area (Å²) in [6.07, 6.45) is 71.1. The molecule has 402 valence electrons. The first kappa shape index (κ1) is 66.4. The van der Waals surface area contributed by atoms with Gasteiger partial charge >= 0.3 is 17.9 Å². The van der Waals surface area contributed by atoms with Crippen molar-refractivity contribution in [1.29, 1.82) is 0 Å². The molecule has 0 aliphatic heterocycles. The Kier molecular flexibility index (Phi) is 55.7. The van der Waals surface area contributed by atoms with Crippen LogP contribution in [-0.2, 0) is 28.6 Å². The van der Waals surface area contributed by atoms with Crippen LogP contribution in [0, 0.1) is 0 Å². The van der Waals surface area contributed by atoms with Gasteiger partial charge in [-0.3, -0.25) is 14.4 Å². The van der Waals surface area contributed by atoms with Crippen molar-refractivity contribution in [2.75, 3.05) is 13.2 Å². The van der Waals surface area contributed by atoms with Crippen LogP contribution in [0.5, 0.6) is 0 Å². The third-order valence-electron chi connectivity index (χ3n) is 13.3. The molecule has 0 saturated heterocycles. The van der Waals surface area contributed by atoms with Crippen molar-refractivity contribution in [3.8, 4) is 0 Å². The Bertz CT molecular complexity index is 1200. The molecule has 0 aliphatic carbocycles. The molecule has 0 rings (SSSR count). The van der Waals surface area contributed by atoms with Crippen molar-refractivity contribution in [2.24, 2.45) is 0 Å². The van der Waals surface area contributed by atoms with Crippen molar-refractivity contribution in [2.45, 2.75) is 322 Å². The Morgan fingerprint density at radius 3 is 0.884 bits per heavy atom. The minimum atomic E-state index is -0.794. The van der Waals surface area contributed by atoms with Gasteiger partial charge in [-0.2, -0.15) is 0 Å². The zero-order valence-corrected chi connectivity index (χ0v) is 46.1. The highest BCUT2D eigenvalue weighted by molar-refractivity contribution is 5.71. The van der Waals surface area contributed by atoms with E-state index < -0.39 is 6.10 Å². The Hall–Kier alpha value is -2.63. The largest absolute Gasteiger partial charge is 0.462 e. The Morgan fingerprint density at radius 1 is 0.290 bits per heavy atom. The molecule has 0 radical (unpaired) electrons. The summed E-state index contributed by atoms with van der Waals surface area (Å²) < 4.78 is 16.9. The van der Waals surface area contributed by atoms with Crippen LogP contribution in [0.3, 0.4) is 0 Å². The second-order valence-corrected chi connectivity index (χ2v) is 20.3. The quantitative estimate of drug-likeness (QED) is 0.0262. The lowest BCUT2D eigenvalue weighted by Gasteiger charge is -2.18. The van der Waals surface area contributed by atoms with E-state index in [4.69, 9.17) is 14.2 Å². The minimum Gasteiger partial charge on any atom is -0.462 e. The van der Waals surface area contributed by atoms with Crippen molar-refractivity contribution >= 4 is 17.9 Å². The van der Waals surface area contributed by atoms with Gasteiger partial charge in [0.05, 0.1) is 0 Å². The smallest absolute Gasteiger partial charge is 0.306 e. The van der Waals surface area contributed by atoms with Gasteiger partial charge in [0.1, 0.15) is 13.2 Å². The third-order valence-corrected chi connectivity index (χ3v) is 13.3. The number of ether oxygens (including phenoxy) is 3. The second kappa shape index (κ2) is 57.9. The molecule has 0 aromatic carbocycles. The van der Waals surface area contributed by atoms with Gasteiger partial charge < -0.3 is 14.2 Å². The van der Waals surface area contributed by atoms with E-state index in [1.165, 1.54) is 212 Å². The molecule has 0 aliphatic rings. The first-order valence-corrected chi connectivity index (χ1v) is 30.1. The average Bonchev–Trinajstić information content (AvgIpc) is 3.35. The zero-order chi connectivity index (χ0) is 50.0. The summed E-state index contributed by atoms with van der Waals surface area (Å²) in [4.78, 5) is 38.2. The van der Waals surface area contributed by atoms with Crippen molar-refractivity contribution in [3.63, 3.8) is 0 Å². The summed E-state index contributed by atoms with van der Waals surface area (Å²) in [6.45, 7) is 6.63. The van der Waals surface area contributed by atoms with Crippen LogP contribution in [0.25, 0.3) is 0 Å². The molecule has 0 N–H and O–H groups in total. The lowest BCUT2D eigenvalue weighted by atomic mass is 10.0. The van der Waals surface area contributed by atoms with Crippen LogP contribution in [0.1, 0.15) is 316 Å². The normalized spacial score (nSPS) is 12.3. The molecule has 0 amide bonds. The van der Waals surface area contributed by atoms with Gasteiger partial charge in [-0.25, -0.2) is 0 Å². The lowest BCUT2D eigenvalue weighted by Crippen LogP contribution is -2.30. The first-order valence-electron chi connectivity index (χ1n) is 30.1. The molecular formula is C63H114O6. The summed E-state index contributed by atoms with van der Waals surface area (Å²) >= 11 is 0. The third kappa shape index (κ3) is 56.2. The number of carbonyl (C=O) groups excluding carboxylic acids is 3. The molecule has 0 aromatic heterocycles. The fraction of sp³-hybridized carbons (Fsp3) is 0.825. The number of esters is 3. The van der Waals surface area contributed by atoms with Gasteiger partial charge in [0.25, 0.3) is 0 Å². The number of hydrogen-bond donors (Lipinski definition) is 0. The van der Waals surface area contributed by atoms with Crippen molar-refractivity contribution in [1.82, 2.24) is 0 Å². The molecule has 1 atom stereocenters. The predicted molar refractivity (Wildman–Crippen MR) is 298 cm³/mol. The molecule has 6 heteroatoms. The zero-order valence-electron chi connectivity index (χ0n) is 46.1. The van der Waals surface area contributed by atoms with E-state index in [-0.39, 0.29) is 31.1 Å². The van der Waals surface area contributed by atoms with Gasteiger partial charge in [-0.15, -0.1) is 0 Å². The molecule has 69 heavy (non-hydrogen) atoms. The molecule has 0 fully saturated rings. The number of unbranched alkanes of at least 4 members (excludes halogenated alkanes) is 36. The molecule has 0 saturated carbocycles. The van der Waals surface area contributed by atoms with Crippen molar-refractivity contribution in [3.05, 3.63) is 48.6 Å². The summed E-state index contributed by atoms with van der Waals surface area (Å²) in [5.74, 6) is -0.929. The fourth-order valence-corrected chi connectivity index (χ4v) is 8.75. The van der Waals surface area contributed by atoms with E-state index in [1.807, 2.05) is 0 Å². The van der Waals surface area contributed by atoms with Gasteiger partial charge in [0.2, 0.25) is 0 Å². The van der Waals surface area contributed by atoms with E-state index in [9.17, 15) is 14.4 Å². The standard InChI is InChI=1S/C63H114O6/c1-4-7-10-13-16-19-22-25-28-31-34-37-40-43-46-49-52-55-61(64)67-58-60(69-63(66)57-54-51-48-45-42-39-36-33-30-27-24-21-18-15-12-9-6-3)59-68-62(65)56-53-50-47-44-41-38-35-32-29-26-23-20-17-14-11-8-5-2/h25,27-28,30,34,37,43,46,60H,4-24,26,29,31-33,35-36,38-42,44-45,47-59H2,1-3H3/b28-25-,30-27-,37-34-,46-43-. The van der Waals surface area contributed by atoms with E-state index in [0.717, 1.165) is 57.8 Å². The van der Waals surface area contributed by atoms with E-state index in [2.05, 4.69) is 69.4 Å². The Balaban J connectivity index is 4.42. The predicted octanol–water partition coefficient (Wildman–Crippen LogP) is 20.2. The summed E-state index contributed by atoms with van der Waals surface area (Å²) in [7, 11) is 0. The van der Waals surface area contributed by atoms with E-state index in [0.29, 0.717) is 25.7 Å². The average molecular weight is 968 g/mol. The lowest BCUT2D eigenvalue weighted by molar-refractivity contribution is -0.167. The topological polar surface area (TPSA) is 78.9 Å². The molecular weight excluding hydrogens is 853 g/mol. The van der Waals surface area contributed by atoms with Gasteiger partial charge in [0.15, 0.2) is 6.10 Å². The number of hydrogen-bond acceptors (Lipinski definition) is 6. The fourth-order valence-electron chi connectivity index (χ4n) is 8.75. The van der Waals surface area contributed by atoms with Crippen LogP contribution in [0.15, 0.2) is 48.6 Å². The van der Waals surface area contributed by atoms with Crippen LogP contribution in [-0.4, -0.2) is 37.2 Å². The number of rotatable bonds is 55. The molecule has 1 unspecified atom stereocenters. The molecule has 0 bridgehead atoms. The monoisotopic (exact) mass is 967 g/mol. The maximum absolute atomic E-state index is 12.9. The highest BCUT2D eigenvalue weighted by Gasteiger charge is 2.19. The maximum Gasteiger partial charge on any atom is 0.306 e. The van der Waals surface area contributed by atoms with Crippen LogP contribution >= 0.6 is 0 Å². The van der Waals surface area contributed by atoms with Gasteiger partial charge in [-0.1, -0.05) is 268 Å². The van der Waals surface area contributed by atoms with E-state index in [1.54, 1.807) is 0 Å². The summed E-state index contributed by atoms with van der Waals surface area (Å²) in [5.41, 5.74) is 0. The highest BCUT2D eigenvalue weighted by Crippen LogP contribution is 2.16. The van der Waals surface area contributed by atoms with Gasteiger partial charge in [-0.05, 0) is 77.0 Å². The van der Waals surface area contributed by atoms with Crippen LogP contribution < -0.4 is 0 Å². The summed E-state index contributed by atoms with van der Waals surface area (Å²) in [6, 6.07) is 0.